The number of hydrogen-bond acceptors (Lipinski definition) is 3. The topological polar surface area (TPSA) is 53.1 Å². The molecule has 2 rings (SSSR count). The Balaban J connectivity index is 0.00000411. The molecule has 1 aromatic carbocycles. The van der Waals surface area contributed by atoms with Gasteiger partial charge >= 0.3 is 0 Å². The van der Waals surface area contributed by atoms with Crippen molar-refractivity contribution < 1.29 is 8.78 Å². The molecule has 0 atom stereocenters. The summed E-state index contributed by atoms with van der Waals surface area (Å²) in [5.41, 5.74) is 13.2. The molecule has 3 N–H and O–H groups in total. The second kappa shape index (κ2) is 18.8. The number of rotatable bonds is 14. The molecule has 1 aromatic rings. The molecule has 0 amide bonds. The van der Waals surface area contributed by atoms with Crippen LogP contribution in [0.3, 0.4) is 0 Å². The van der Waals surface area contributed by atoms with Crippen molar-refractivity contribution in [2.45, 2.75) is 112 Å². The molecule has 0 aromatic heterocycles. The lowest BCUT2D eigenvalue weighted by Crippen LogP contribution is -2.32. The molecule has 0 bridgehead atoms. The number of nitrogens with one attached hydrogen (secondary N) is 1. The van der Waals surface area contributed by atoms with Gasteiger partial charge in [-0.3, -0.25) is 0 Å². The highest BCUT2D eigenvalue weighted by atomic mass is 19.3. The molecular formula is C36H57F2N3. The van der Waals surface area contributed by atoms with E-state index in [9.17, 15) is 8.78 Å². The van der Waals surface area contributed by atoms with Crippen molar-refractivity contribution in [3.63, 3.8) is 0 Å². The second-order valence-electron chi connectivity index (χ2n) is 11.6. The second-order valence-corrected chi connectivity index (χ2v) is 11.6. The quantitative estimate of drug-likeness (QED) is 0.173. The van der Waals surface area contributed by atoms with Gasteiger partial charge in [-0.25, -0.2) is 8.78 Å². The van der Waals surface area contributed by atoms with Crippen LogP contribution in [0.2, 0.25) is 0 Å². The van der Waals surface area contributed by atoms with E-state index in [0.717, 1.165) is 91.5 Å². The monoisotopic (exact) mass is 569 g/mol. The Morgan fingerprint density at radius 1 is 1.10 bits per heavy atom. The fourth-order valence-corrected chi connectivity index (χ4v) is 5.73. The van der Waals surface area contributed by atoms with Crippen molar-refractivity contribution in [1.82, 2.24) is 4.90 Å². The molecule has 0 saturated carbocycles. The summed E-state index contributed by atoms with van der Waals surface area (Å²) >= 11 is 0. The summed E-state index contributed by atoms with van der Waals surface area (Å²) in [5, 5.41) is 8.40. The van der Waals surface area contributed by atoms with Gasteiger partial charge < -0.3 is 16.0 Å². The van der Waals surface area contributed by atoms with Gasteiger partial charge in [0.25, 0.3) is 0 Å². The lowest BCUT2D eigenvalue weighted by atomic mass is 9.83. The van der Waals surface area contributed by atoms with Crippen molar-refractivity contribution in [2.24, 2.45) is 11.7 Å². The van der Waals surface area contributed by atoms with Crippen LogP contribution in [0.1, 0.15) is 116 Å². The number of benzene rings is 1. The van der Waals surface area contributed by atoms with Crippen LogP contribution in [0.25, 0.3) is 5.57 Å². The first-order valence-electron chi connectivity index (χ1n) is 15.6. The molecule has 1 aliphatic heterocycles. The summed E-state index contributed by atoms with van der Waals surface area (Å²) in [6.07, 6.45) is 7.75. The van der Waals surface area contributed by atoms with E-state index >= 15 is 0 Å². The predicted octanol–water partition coefficient (Wildman–Crippen LogP) is 10.2. The number of aryl methyl sites for hydroxylation is 1. The number of allylic oxidation sites excluding steroid dienone is 7. The summed E-state index contributed by atoms with van der Waals surface area (Å²) in [7, 11) is 1.50. The van der Waals surface area contributed by atoms with Gasteiger partial charge in [0, 0.05) is 30.9 Å². The van der Waals surface area contributed by atoms with Crippen LogP contribution in [0, 0.1) is 18.3 Å². The van der Waals surface area contributed by atoms with Gasteiger partial charge in [0.1, 0.15) is 0 Å². The van der Waals surface area contributed by atoms with Gasteiger partial charge in [0.2, 0.25) is 6.43 Å². The third-order valence-electron chi connectivity index (χ3n) is 7.87. The van der Waals surface area contributed by atoms with Gasteiger partial charge in [-0.15, -0.1) is 0 Å². The highest BCUT2D eigenvalue weighted by molar-refractivity contribution is 5.97. The van der Waals surface area contributed by atoms with Crippen LogP contribution in [0.4, 0.5) is 8.78 Å². The van der Waals surface area contributed by atoms with E-state index in [1.807, 2.05) is 32.9 Å². The number of piperidine rings is 1. The number of nitrogens with two attached hydrogens (primary N) is 1. The maximum Gasteiger partial charge on any atom is 0.242 e. The zero-order valence-corrected chi connectivity index (χ0v) is 27.2. The highest BCUT2D eigenvalue weighted by Crippen LogP contribution is 2.38. The Labute approximate surface area is 250 Å². The predicted molar refractivity (Wildman–Crippen MR) is 176 cm³/mol. The lowest BCUT2D eigenvalue weighted by Gasteiger charge is -2.36. The van der Waals surface area contributed by atoms with E-state index in [2.05, 4.69) is 63.1 Å². The third kappa shape index (κ3) is 11.3. The van der Waals surface area contributed by atoms with E-state index in [4.69, 9.17) is 5.41 Å². The maximum atomic E-state index is 14.1. The van der Waals surface area contributed by atoms with Gasteiger partial charge in [0.05, 0.1) is 0 Å². The highest BCUT2D eigenvalue weighted by Gasteiger charge is 2.24. The van der Waals surface area contributed by atoms with Crippen molar-refractivity contribution >= 4 is 11.3 Å². The summed E-state index contributed by atoms with van der Waals surface area (Å²) in [6.45, 7) is 20.9. The third-order valence-corrected chi connectivity index (χ3v) is 7.87. The largest absolute Gasteiger partial charge is 0.375 e. The van der Waals surface area contributed by atoms with Crippen LogP contribution in [-0.4, -0.2) is 37.2 Å². The average molecular weight is 570 g/mol. The first-order valence-corrected chi connectivity index (χ1v) is 15.6. The molecule has 230 valence electrons. The van der Waals surface area contributed by atoms with Crippen molar-refractivity contribution in [3.05, 3.63) is 76.0 Å². The van der Waals surface area contributed by atoms with Crippen LogP contribution in [-0.2, 0) is 0 Å². The van der Waals surface area contributed by atoms with Gasteiger partial charge in [-0.05, 0) is 111 Å². The molecule has 0 aliphatic carbocycles. The van der Waals surface area contributed by atoms with E-state index < -0.39 is 6.43 Å². The molecule has 1 aliphatic rings. The standard InChI is InChI=1S/C35H52F2N2.CH5N/c1-9-12-31(28(11-3)21-26(7)34(38)13-10-2)33(23-35(36)37)32-22-30(15-14-25(32)6)29-16-18-39(19-17-29)27(8)20-24(4)5;1-2/h11,14-15,21-22,24,29,35,38H,8-10,12-13,16-20,23H2,1-7H3;2H2,1H3/b26-21-,28-11+,33-31+,38-34?;. The molecular weight excluding hydrogens is 512 g/mol. The number of hydrogen-bond donors (Lipinski definition) is 2. The fourth-order valence-electron chi connectivity index (χ4n) is 5.73. The van der Waals surface area contributed by atoms with Crippen molar-refractivity contribution in [1.29, 1.82) is 5.41 Å². The number of alkyl halides is 2. The van der Waals surface area contributed by atoms with Gasteiger partial charge in [-0.1, -0.05) is 77.5 Å². The molecule has 1 fully saturated rings. The van der Waals surface area contributed by atoms with Crippen molar-refractivity contribution in [3.8, 4) is 0 Å². The summed E-state index contributed by atoms with van der Waals surface area (Å²) in [5.74, 6) is 1.03. The SMILES string of the molecule is C=C(CC(C)C)N1CCC(c2ccc(C)c(/C(CC(F)F)=C(CCC)/C(/C=C(/C)C(=N)CCC)=C/C)c2)CC1.CN. The zero-order valence-electron chi connectivity index (χ0n) is 27.2. The average Bonchev–Trinajstić information content (AvgIpc) is 2.95. The molecule has 1 saturated heterocycles. The zero-order chi connectivity index (χ0) is 31.1. The van der Waals surface area contributed by atoms with Crippen molar-refractivity contribution in [2.75, 3.05) is 20.1 Å². The Kier molecular flexibility index (Phi) is 16.7. The molecule has 5 heteroatoms. The summed E-state index contributed by atoms with van der Waals surface area (Å²) < 4.78 is 28.2. The molecule has 0 radical (unpaired) electrons. The lowest BCUT2D eigenvalue weighted by molar-refractivity contribution is 0.155. The number of likely N-dealkylation sites (tertiary alicyclic amines) is 1. The molecule has 0 unspecified atom stereocenters. The number of halogens is 2. The normalized spacial score (nSPS) is 15.6. The number of nitrogens with zero attached hydrogens (tertiary/aromatic N) is 1. The van der Waals surface area contributed by atoms with Gasteiger partial charge in [-0.2, -0.15) is 0 Å². The first kappa shape index (κ1) is 36.5. The molecule has 41 heavy (non-hydrogen) atoms. The van der Waals surface area contributed by atoms with Crippen LogP contribution in [0.5, 0.6) is 0 Å². The molecule has 3 nitrogen and oxygen atoms in total. The Morgan fingerprint density at radius 2 is 1.71 bits per heavy atom. The summed E-state index contributed by atoms with van der Waals surface area (Å²) in [4.78, 5) is 2.43. The summed E-state index contributed by atoms with van der Waals surface area (Å²) in [6, 6.07) is 6.53. The minimum Gasteiger partial charge on any atom is -0.375 e. The molecule has 1 heterocycles. The Bertz CT molecular complexity index is 1070. The fraction of sp³-hybridized carbons (Fsp3) is 0.583. The van der Waals surface area contributed by atoms with E-state index in [1.165, 1.54) is 18.3 Å². The minimum absolute atomic E-state index is 0.260. The van der Waals surface area contributed by atoms with Crippen LogP contribution < -0.4 is 5.73 Å². The van der Waals surface area contributed by atoms with Crippen LogP contribution in [0.15, 0.2) is 59.3 Å². The van der Waals surface area contributed by atoms with E-state index in [-0.39, 0.29) is 6.42 Å². The Morgan fingerprint density at radius 3 is 2.22 bits per heavy atom. The van der Waals surface area contributed by atoms with Crippen LogP contribution >= 0.6 is 0 Å². The Hall–Kier alpha value is -2.53. The maximum absolute atomic E-state index is 14.1. The minimum atomic E-state index is -2.42. The van der Waals surface area contributed by atoms with E-state index in [1.54, 1.807) is 0 Å². The smallest absolute Gasteiger partial charge is 0.242 e. The molecule has 0 spiro atoms. The van der Waals surface area contributed by atoms with E-state index in [0.29, 0.717) is 17.5 Å². The van der Waals surface area contributed by atoms with Gasteiger partial charge in [0.15, 0.2) is 0 Å². The first-order chi connectivity index (χ1) is 19.5.